The first kappa shape index (κ1) is 18.3. The van der Waals surface area contributed by atoms with Gasteiger partial charge in [0.15, 0.2) is 0 Å². The van der Waals surface area contributed by atoms with Crippen LogP contribution in [0.2, 0.25) is 0 Å². The molecule has 0 aromatic heterocycles. The SMILES string of the molecule is CC(=O)OCCCc1cccc(NC(=O)N[C@@H]2CCCC[C@@H]2O)c1. The third-order valence-corrected chi connectivity index (χ3v) is 4.15. The van der Waals surface area contributed by atoms with E-state index in [9.17, 15) is 14.7 Å². The molecule has 1 aliphatic rings. The lowest BCUT2D eigenvalue weighted by atomic mass is 9.93. The highest BCUT2D eigenvalue weighted by molar-refractivity contribution is 5.89. The fraction of sp³-hybridized carbons (Fsp3) is 0.556. The van der Waals surface area contributed by atoms with Crippen molar-refractivity contribution in [2.75, 3.05) is 11.9 Å². The molecule has 1 saturated carbocycles. The number of anilines is 1. The molecule has 2 rings (SSSR count). The molecule has 1 aromatic carbocycles. The Bertz CT molecular complexity index is 562. The van der Waals surface area contributed by atoms with Gasteiger partial charge in [0.25, 0.3) is 0 Å². The minimum Gasteiger partial charge on any atom is -0.466 e. The van der Waals surface area contributed by atoms with E-state index in [0.29, 0.717) is 12.3 Å². The second kappa shape index (κ2) is 9.27. The van der Waals surface area contributed by atoms with E-state index in [0.717, 1.165) is 44.1 Å². The maximum Gasteiger partial charge on any atom is 0.319 e. The summed E-state index contributed by atoms with van der Waals surface area (Å²) in [5, 5.41) is 15.6. The molecular formula is C18H26N2O4. The molecule has 0 aliphatic heterocycles. The van der Waals surface area contributed by atoms with Crippen LogP contribution in [0.5, 0.6) is 0 Å². The summed E-state index contributed by atoms with van der Waals surface area (Å²) in [4.78, 5) is 22.8. The maximum absolute atomic E-state index is 12.1. The van der Waals surface area contributed by atoms with Gasteiger partial charge < -0.3 is 20.5 Å². The maximum atomic E-state index is 12.1. The molecule has 0 bridgehead atoms. The molecule has 0 saturated heterocycles. The molecule has 2 atom stereocenters. The van der Waals surface area contributed by atoms with Crippen LogP contribution < -0.4 is 10.6 Å². The summed E-state index contributed by atoms with van der Waals surface area (Å²) in [6.07, 6.45) is 4.64. The summed E-state index contributed by atoms with van der Waals surface area (Å²) in [5.74, 6) is -0.271. The van der Waals surface area contributed by atoms with Gasteiger partial charge in [-0.1, -0.05) is 25.0 Å². The number of hydrogen-bond donors (Lipinski definition) is 3. The van der Waals surface area contributed by atoms with Crippen LogP contribution in [0.25, 0.3) is 0 Å². The van der Waals surface area contributed by atoms with Crippen molar-refractivity contribution in [2.24, 2.45) is 0 Å². The summed E-state index contributed by atoms with van der Waals surface area (Å²) in [7, 11) is 0. The number of carbonyl (C=O) groups is 2. The van der Waals surface area contributed by atoms with Crippen LogP contribution in [0.4, 0.5) is 10.5 Å². The van der Waals surface area contributed by atoms with Crippen LogP contribution >= 0.6 is 0 Å². The number of amides is 2. The second-order valence-electron chi connectivity index (χ2n) is 6.20. The van der Waals surface area contributed by atoms with E-state index in [1.165, 1.54) is 6.92 Å². The number of esters is 1. The molecule has 6 nitrogen and oxygen atoms in total. The second-order valence-corrected chi connectivity index (χ2v) is 6.20. The van der Waals surface area contributed by atoms with Crippen molar-refractivity contribution >= 4 is 17.7 Å². The molecule has 1 fully saturated rings. The average molecular weight is 334 g/mol. The highest BCUT2D eigenvalue weighted by Gasteiger charge is 2.24. The fourth-order valence-electron chi connectivity index (χ4n) is 2.91. The number of rotatable bonds is 6. The lowest BCUT2D eigenvalue weighted by Crippen LogP contribution is -2.46. The van der Waals surface area contributed by atoms with Crippen molar-refractivity contribution in [3.8, 4) is 0 Å². The number of aryl methyl sites for hydroxylation is 1. The van der Waals surface area contributed by atoms with Gasteiger partial charge in [-0.2, -0.15) is 0 Å². The van der Waals surface area contributed by atoms with Gasteiger partial charge in [-0.3, -0.25) is 4.79 Å². The summed E-state index contributed by atoms with van der Waals surface area (Å²) < 4.78 is 4.91. The summed E-state index contributed by atoms with van der Waals surface area (Å²) in [6, 6.07) is 7.12. The largest absolute Gasteiger partial charge is 0.466 e. The van der Waals surface area contributed by atoms with Crippen molar-refractivity contribution in [2.45, 2.75) is 57.6 Å². The van der Waals surface area contributed by atoms with Gasteiger partial charge in [0.2, 0.25) is 0 Å². The van der Waals surface area contributed by atoms with Crippen molar-refractivity contribution < 1.29 is 19.4 Å². The van der Waals surface area contributed by atoms with E-state index >= 15 is 0 Å². The normalized spacial score (nSPS) is 20.2. The lowest BCUT2D eigenvalue weighted by molar-refractivity contribution is -0.141. The van der Waals surface area contributed by atoms with Gasteiger partial charge in [0, 0.05) is 12.6 Å². The predicted molar refractivity (Wildman–Crippen MR) is 91.8 cm³/mol. The zero-order valence-electron chi connectivity index (χ0n) is 14.1. The molecule has 0 heterocycles. The molecule has 24 heavy (non-hydrogen) atoms. The number of aliphatic hydroxyl groups is 1. The molecule has 132 valence electrons. The number of aliphatic hydroxyl groups excluding tert-OH is 1. The van der Waals surface area contributed by atoms with E-state index in [1.54, 1.807) is 0 Å². The zero-order valence-corrected chi connectivity index (χ0v) is 14.1. The smallest absolute Gasteiger partial charge is 0.319 e. The van der Waals surface area contributed by atoms with Crippen molar-refractivity contribution in [3.05, 3.63) is 29.8 Å². The minimum atomic E-state index is -0.461. The van der Waals surface area contributed by atoms with Gasteiger partial charge in [-0.25, -0.2) is 4.79 Å². The summed E-state index contributed by atoms with van der Waals surface area (Å²) in [5.41, 5.74) is 1.78. The summed E-state index contributed by atoms with van der Waals surface area (Å²) in [6.45, 7) is 1.79. The Morgan fingerprint density at radius 2 is 2.08 bits per heavy atom. The first-order chi connectivity index (χ1) is 11.5. The summed E-state index contributed by atoms with van der Waals surface area (Å²) >= 11 is 0. The molecule has 1 aromatic rings. The van der Waals surface area contributed by atoms with Crippen LogP contribution in [-0.4, -0.2) is 35.9 Å². The van der Waals surface area contributed by atoms with Crippen LogP contribution in [0, 0.1) is 0 Å². The third-order valence-electron chi connectivity index (χ3n) is 4.15. The Morgan fingerprint density at radius 3 is 2.83 bits per heavy atom. The molecule has 0 radical (unpaired) electrons. The lowest BCUT2D eigenvalue weighted by Gasteiger charge is -2.28. The van der Waals surface area contributed by atoms with E-state index < -0.39 is 6.10 Å². The van der Waals surface area contributed by atoms with Crippen LogP contribution in [0.3, 0.4) is 0 Å². The monoisotopic (exact) mass is 334 g/mol. The fourth-order valence-corrected chi connectivity index (χ4v) is 2.91. The van der Waals surface area contributed by atoms with Gasteiger partial charge in [0.05, 0.1) is 18.8 Å². The molecule has 2 amide bonds. The number of benzene rings is 1. The average Bonchev–Trinajstić information content (AvgIpc) is 2.54. The molecule has 3 N–H and O–H groups in total. The van der Waals surface area contributed by atoms with Crippen molar-refractivity contribution in [3.63, 3.8) is 0 Å². The first-order valence-corrected chi connectivity index (χ1v) is 8.52. The molecule has 0 spiro atoms. The van der Waals surface area contributed by atoms with Crippen molar-refractivity contribution in [1.82, 2.24) is 5.32 Å². The highest BCUT2D eigenvalue weighted by Crippen LogP contribution is 2.18. The van der Waals surface area contributed by atoms with Gasteiger partial charge in [0.1, 0.15) is 0 Å². The van der Waals surface area contributed by atoms with Crippen LogP contribution in [-0.2, 0) is 16.0 Å². The van der Waals surface area contributed by atoms with Crippen molar-refractivity contribution in [1.29, 1.82) is 0 Å². The quantitative estimate of drug-likeness (QED) is 0.551. The van der Waals surface area contributed by atoms with E-state index in [2.05, 4.69) is 10.6 Å². The Kier molecular flexibility index (Phi) is 7.06. The molecule has 0 unspecified atom stereocenters. The highest BCUT2D eigenvalue weighted by atomic mass is 16.5. The Hall–Kier alpha value is -2.08. The van der Waals surface area contributed by atoms with Crippen LogP contribution in [0.1, 0.15) is 44.6 Å². The Labute approximate surface area is 142 Å². The van der Waals surface area contributed by atoms with E-state index in [1.807, 2.05) is 24.3 Å². The topological polar surface area (TPSA) is 87.7 Å². The van der Waals surface area contributed by atoms with Gasteiger partial charge in [-0.15, -0.1) is 0 Å². The number of nitrogens with one attached hydrogen (secondary N) is 2. The Balaban J connectivity index is 1.80. The number of urea groups is 1. The standard InChI is InChI=1S/C18H26N2O4/c1-13(21)24-11-5-7-14-6-4-8-15(12-14)19-18(23)20-16-9-2-3-10-17(16)22/h4,6,8,12,16-17,22H,2-3,5,7,9-11H2,1H3,(H2,19,20,23)/t16-,17+/m1/s1. The zero-order chi connectivity index (χ0) is 17.4. The third kappa shape index (κ3) is 6.20. The first-order valence-electron chi connectivity index (χ1n) is 8.52. The number of hydrogen-bond acceptors (Lipinski definition) is 4. The minimum absolute atomic E-state index is 0.175. The van der Waals surface area contributed by atoms with Gasteiger partial charge in [-0.05, 0) is 43.4 Å². The van der Waals surface area contributed by atoms with Crippen LogP contribution in [0.15, 0.2) is 24.3 Å². The van der Waals surface area contributed by atoms with E-state index in [-0.39, 0.29) is 18.0 Å². The number of ether oxygens (including phenoxy) is 1. The van der Waals surface area contributed by atoms with E-state index in [4.69, 9.17) is 4.74 Å². The number of carbonyl (C=O) groups excluding carboxylic acids is 2. The predicted octanol–water partition coefficient (Wildman–Crippen LogP) is 2.61. The molecule has 6 heteroatoms. The molecule has 1 aliphatic carbocycles. The Morgan fingerprint density at radius 1 is 1.29 bits per heavy atom. The van der Waals surface area contributed by atoms with Gasteiger partial charge >= 0.3 is 12.0 Å². The molecular weight excluding hydrogens is 308 g/mol.